The summed E-state index contributed by atoms with van der Waals surface area (Å²) in [5.41, 5.74) is 3.86. The highest BCUT2D eigenvalue weighted by Crippen LogP contribution is 2.37. The van der Waals surface area contributed by atoms with Gasteiger partial charge in [-0.2, -0.15) is 0 Å². The number of hydrogen-bond acceptors (Lipinski definition) is 8. The zero-order chi connectivity index (χ0) is 27.1. The van der Waals surface area contributed by atoms with Crippen LogP contribution in [0.15, 0.2) is 57.4 Å². The first kappa shape index (κ1) is 28.4. The normalized spacial score (nSPS) is 11.8. The van der Waals surface area contributed by atoms with Crippen molar-refractivity contribution >= 4 is 8.32 Å². The van der Waals surface area contributed by atoms with Crippen molar-refractivity contribution in [3.05, 3.63) is 71.4 Å². The number of benzene rings is 2. The van der Waals surface area contributed by atoms with Crippen molar-refractivity contribution in [2.24, 2.45) is 0 Å². The molecule has 0 spiro atoms. The van der Waals surface area contributed by atoms with E-state index in [0.717, 1.165) is 29.5 Å². The van der Waals surface area contributed by atoms with Crippen LogP contribution in [0.25, 0.3) is 22.9 Å². The fourth-order valence-electron chi connectivity index (χ4n) is 3.00. The topological polar surface area (TPSA) is 107 Å². The van der Waals surface area contributed by atoms with E-state index >= 15 is 0 Å². The molecule has 2 heterocycles. The molecule has 0 aliphatic heterocycles. The van der Waals surface area contributed by atoms with Crippen molar-refractivity contribution in [3.8, 4) is 22.9 Å². The Hall–Kier alpha value is -3.14. The number of rotatable bonds is 8. The molecule has 0 saturated carbocycles. The van der Waals surface area contributed by atoms with Crippen molar-refractivity contribution in [1.29, 1.82) is 0 Å². The molecule has 0 aliphatic rings. The fraction of sp³-hybridized carbons (Fsp3) is 0.429. The summed E-state index contributed by atoms with van der Waals surface area (Å²) in [6, 6.07) is 15.6. The van der Waals surface area contributed by atoms with Gasteiger partial charge in [0, 0.05) is 24.0 Å². The summed E-state index contributed by atoms with van der Waals surface area (Å²) in [6.07, 6.45) is 1.49. The lowest BCUT2D eigenvalue weighted by molar-refractivity contribution is 0.276. The minimum absolute atomic E-state index is 0.0460. The summed E-state index contributed by atoms with van der Waals surface area (Å²) in [6.45, 7) is 16.0. The highest BCUT2D eigenvalue weighted by molar-refractivity contribution is 6.74. The van der Waals surface area contributed by atoms with Gasteiger partial charge in [0.25, 0.3) is 0 Å². The number of nitrogens with zero attached hydrogens (tertiary/aromatic N) is 4. The fourth-order valence-corrected chi connectivity index (χ4v) is 3.96. The highest BCUT2D eigenvalue weighted by atomic mass is 28.4. The number of aliphatic hydroxyl groups is 1. The van der Waals surface area contributed by atoms with Gasteiger partial charge in [0.1, 0.15) is 0 Å². The van der Waals surface area contributed by atoms with E-state index in [2.05, 4.69) is 66.4 Å². The Balaban J connectivity index is 0.000000220. The van der Waals surface area contributed by atoms with Gasteiger partial charge in [-0.1, -0.05) is 58.9 Å². The van der Waals surface area contributed by atoms with Crippen molar-refractivity contribution in [3.63, 3.8) is 0 Å². The van der Waals surface area contributed by atoms with E-state index in [9.17, 15) is 0 Å². The lowest BCUT2D eigenvalue weighted by Crippen LogP contribution is -2.40. The van der Waals surface area contributed by atoms with Crippen LogP contribution >= 0.6 is 0 Å². The Morgan fingerprint density at radius 2 is 1.16 bits per heavy atom. The van der Waals surface area contributed by atoms with Gasteiger partial charge in [0.05, 0.1) is 13.2 Å². The molecule has 198 valence electrons. The summed E-state index contributed by atoms with van der Waals surface area (Å²) in [7, 11) is -1.71. The highest BCUT2D eigenvalue weighted by Gasteiger charge is 2.37. The molecule has 0 bridgehead atoms. The third-order valence-electron chi connectivity index (χ3n) is 6.53. The summed E-state index contributed by atoms with van der Waals surface area (Å²) >= 11 is 0. The van der Waals surface area contributed by atoms with Gasteiger partial charge >= 0.3 is 0 Å². The van der Waals surface area contributed by atoms with Crippen LogP contribution in [-0.2, 0) is 30.5 Å². The maximum absolute atomic E-state index is 8.89. The van der Waals surface area contributed by atoms with Gasteiger partial charge in [0.15, 0.2) is 8.32 Å². The van der Waals surface area contributed by atoms with E-state index in [-0.39, 0.29) is 11.6 Å². The molecule has 2 aromatic heterocycles. The first-order valence-corrected chi connectivity index (χ1v) is 15.5. The van der Waals surface area contributed by atoms with Gasteiger partial charge in [-0.3, -0.25) is 0 Å². The minimum Gasteiger partial charge on any atom is -0.421 e. The molecule has 2 aromatic carbocycles. The first-order chi connectivity index (χ1) is 17.6. The summed E-state index contributed by atoms with van der Waals surface area (Å²) in [4.78, 5) is 0. The number of aliphatic hydroxyl groups excluding tert-OH is 1. The van der Waals surface area contributed by atoms with Crippen LogP contribution in [-0.4, -0.2) is 33.8 Å². The quantitative estimate of drug-likeness (QED) is 0.258. The van der Waals surface area contributed by atoms with E-state index in [4.69, 9.17) is 18.4 Å². The van der Waals surface area contributed by atoms with Crippen LogP contribution in [0.4, 0.5) is 0 Å². The van der Waals surface area contributed by atoms with E-state index in [1.165, 1.54) is 5.56 Å². The Morgan fingerprint density at radius 3 is 1.51 bits per heavy atom. The van der Waals surface area contributed by atoms with E-state index in [0.29, 0.717) is 30.2 Å². The van der Waals surface area contributed by atoms with Gasteiger partial charge in [-0.05, 0) is 53.5 Å². The average molecular weight is 523 g/mol. The SMILES string of the molecule is CCc1nnc(-c2ccc(CO)cc2)o1.CCc1nnc(-c2ccc(CO[Si](C)(C)C(C)(C)C)cc2)o1. The standard InChI is InChI=1S/C17H26N2O2Si.C11H12N2O2/c1-7-15-18-19-16(21-15)14-10-8-13(9-11-14)12-20-22(5,6)17(2,3)4;1-2-10-12-13-11(15-10)9-5-3-8(7-14)4-6-9/h8-11H,7,12H2,1-6H3;3-6,14H,2,7H2,1H3. The van der Waals surface area contributed by atoms with Crippen LogP contribution in [0.3, 0.4) is 0 Å². The molecule has 0 amide bonds. The summed E-state index contributed by atoms with van der Waals surface area (Å²) < 4.78 is 17.2. The predicted octanol–water partition coefficient (Wildman–Crippen LogP) is 6.61. The Labute approximate surface area is 220 Å². The number of aryl methyl sites for hydroxylation is 2. The van der Waals surface area contributed by atoms with Crippen molar-refractivity contribution < 1.29 is 18.4 Å². The van der Waals surface area contributed by atoms with Crippen LogP contribution < -0.4 is 0 Å². The zero-order valence-corrected chi connectivity index (χ0v) is 23.9. The monoisotopic (exact) mass is 522 g/mol. The van der Waals surface area contributed by atoms with E-state index in [1.54, 1.807) is 0 Å². The van der Waals surface area contributed by atoms with E-state index in [1.807, 2.05) is 50.2 Å². The molecule has 0 radical (unpaired) electrons. The first-order valence-electron chi connectivity index (χ1n) is 12.6. The third-order valence-corrected chi connectivity index (χ3v) is 11.0. The van der Waals surface area contributed by atoms with E-state index < -0.39 is 8.32 Å². The van der Waals surface area contributed by atoms with Crippen LogP contribution in [0.2, 0.25) is 18.1 Å². The second kappa shape index (κ2) is 12.4. The Bertz CT molecular complexity index is 1240. The number of hydrogen-bond donors (Lipinski definition) is 1. The summed E-state index contributed by atoms with van der Waals surface area (Å²) in [5, 5.41) is 25.0. The van der Waals surface area contributed by atoms with Gasteiger partial charge in [0.2, 0.25) is 23.6 Å². The molecule has 0 fully saturated rings. The van der Waals surface area contributed by atoms with Crippen LogP contribution in [0, 0.1) is 0 Å². The third kappa shape index (κ3) is 7.67. The maximum atomic E-state index is 8.89. The second-order valence-electron chi connectivity index (χ2n) is 10.3. The molecule has 0 unspecified atom stereocenters. The smallest absolute Gasteiger partial charge is 0.247 e. The average Bonchev–Trinajstić information content (AvgIpc) is 3.58. The van der Waals surface area contributed by atoms with Crippen molar-refractivity contribution in [2.45, 2.75) is 78.8 Å². The molecule has 0 saturated heterocycles. The lowest BCUT2D eigenvalue weighted by Gasteiger charge is -2.36. The molecule has 0 atom stereocenters. The maximum Gasteiger partial charge on any atom is 0.247 e. The molecule has 8 nitrogen and oxygen atoms in total. The largest absolute Gasteiger partial charge is 0.421 e. The second-order valence-corrected chi connectivity index (χ2v) is 15.1. The molecule has 4 aromatic rings. The molecule has 37 heavy (non-hydrogen) atoms. The lowest BCUT2D eigenvalue weighted by atomic mass is 10.1. The molecular formula is C28H38N4O4Si. The molecule has 0 aliphatic carbocycles. The summed E-state index contributed by atoms with van der Waals surface area (Å²) in [5.74, 6) is 2.40. The molecule has 9 heteroatoms. The van der Waals surface area contributed by atoms with Crippen LogP contribution in [0.5, 0.6) is 0 Å². The zero-order valence-electron chi connectivity index (χ0n) is 22.9. The Kier molecular flexibility index (Phi) is 9.53. The van der Waals surface area contributed by atoms with Gasteiger partial charge in [-0.15, -0.1) is 20.4 Å². The Morgan fingerprint density at radius 1 is 0.730 bits per heavy atom. The molecular weight excluding hydrogens is 484 g/mol. The number of aromatic nitrogens is 4. The minimum atomic E-state index is -1.71. The predicted molar refractivity (Wildman–Crippen MR) is 146 cm³/mol. The molecule has 1 N–H and O–H groups in total. The van der Waals surface area contributed by atoms with Crippen LogP contribution in [0.1, 0.15) is 57.5 Å². The molecule has 4 rings (SSSR count). The van der Waals surface area contributed by atoms with Gasteiger partial charge < -0.3 is 18.4 Å². The van der Waals surface area contributed by atoms with Crippen molar-refractivity contribution in [1.82, 2.24) is 20.4 Å². The van der Waals surface area contributed by atoms with Gasteiger partial charge in [-0.25, -0.2) is 0 Å². The van der Waals surface area contributed by atoms with Crippen molar-refractivity contribution in [2.75, 3.05) is 0 Å².